The van der Waals surface area contributed by atoms with Crippen molar-refractivity contribution in [3.8, 4) is 5.88 Å². The van der Waals surface area contributed by atoms with Crippen molar-refractivity contribution in [2.75, 3.05) is 0 Å². The summed E-state index contributed by atoms with van der Waals surface area (Å²) in [6.45, 7) is 3.74. The first kappa shape index (κ1) is 13.8. The zero-order valence-corrected chi connectivity index (χ0v) is 12.0. The first-order valence-electron chi connectivity index (χ1n) is 5.44. The summed E-state index contributed by atoms with van der Waals surface area (Å²) in [7, 11) is -3.50. The molecule has 2 heterocycles. The Hall–Kier alpha value is -1.61. The van der Waals surface area contributed by atoms with Gasteiger partial charge in [-0.2, -0.15) is 4.37 Å². The van der Waals surface area contributed by atoms with Gasteiger partial charge in [-0.25, -0.2) is 18.4 Å². The molecule has 0 aliphatic carbocycles. The molecule has 0 aromatic carbocycles. The van der Waals surface area contributed by atoms with E-state index < -0.39 is 9.84 Å². The smallest absolute Gasteiger partial charge is 0.232 e. The maximum absolute atomic E-state index is 11.9. The van der Waals surface area contributed by atoms with Crippen LogP contribution in [0.25, 0.3) is 0 Å². The second-order valence-electron chi connectivity index (χ2n) is 3.98. The van der Waals surface area contributed by atoms with E-state index in [0.717, 1.165) is 11.5 Å². The minimum atomic E-state index is -3.50. The summed E-state index contributed by atoms with van der Waals surface area (Å²) in [6.07, 6.45) is 4.00. The van der Waals surface area contributed by atoms with E-state index in [1.165, 1.54) is 18.7 Å². The minimum absolute atomic E-state index is 0.00900. The van der Waals surface area contributed by atoms with Crippen LogP contribution >= 0.6 is 11.5 Å². The largest absolute Gasteiger partial charge is 0.474 e. The molecular weight excluding hydrogens is 288 g/mol. The Bertz CT molecular complexity index is 623. The summed E-state index contributed by atoms with van der Waals surface area (Å²) >= 11 is 0.839. The van der Waals surface area contributed by atoms with E-state index in [9.17, 15) is 8.42 Å². The molecule has 0 saturated carbocycles. The molecule has 0 fully saturated rings. The highest BCUT2D eigenvalue weighted by Gasteiger charge is 2.20. The molecule has 2 aromatic heterocycles. The van der Waals surface area contributed by atoms with Gasteiger partial charge in [-0.1, -0.05) is 0 Å². The highest BCUT2D eigenvalue weighted by molar-refractivity contribution is 7.92. The van der Waals surface area contributed by atoms with Crippen LogP contribution in [0.5, 0.6) is 5.88 Å². The van der Waals surface area contributed by atoms with Gasteiger partial charge in [-0.3, -0.25) is 4.98 Å². The van der Waals surface area contributed by atoms with Crippen LogP contribution < -0.4 is 4.74 Å². The molecular formula is C10H12N4O3S2. The van der Waals surface area contributed by atoms with Crippen LogP contribution in [-0.2, 0) is 15.6 Å². The van der Waals surface area contributed by atoms with Crippen molar-refractivity contribution in [3.63, 3.8) is 0 Å². The van der Waals surface area contributed by atoms with Crippen molar-refractivity contribution in [1.29, 1.82) is 0 Å². The van der Waals surface area contributed by atoms with Gasteiger partial charge in [0.1, 0.15) is 12.1 Å². The standard InChI is InChI=1S/C10H12N4O3S2/c1-7(2)17-9-4-11-8(3-12-9)5-19(15,16)10-13-6-14-18-10/h3-4,6-7H,5H2,1-2H3. The molecule has 0 radical (unpaired) electrons. The molecule has 7 nitrogen and oxygen atoms in total. The average molecular weight is 300 g/mol. The number of sulfone groups is 1. The van der Waals surface area contributed by atoms with Gasteiger partial charge in [0.15, 0.2) is 0 Å². The Kier molecular flexibility index (Phi) is 4.05. The van der Waals surface area contributed by atoms with Gasteiger partial charge in [-0.15, -0.1) is 0 Å². The van der Waals surface area contributed by atoms with Gasteiger partial charge in [0.05, 0.1) is 24.2 Å². The van der Waals surface area contributed by atoms with Crippen molar-refractivity contribution >= 4 is 21.4 Å². The molecule has 0 aliphatic heterocycles. The predicted octanol–water partition coefficient (Wildman–Crippen LogP) is 1.09. The van der Waals surface area contributed by atoms with Gasteiger partial charge in [0, 0.05) is 0 Å². The van der Waals surface area contributed by atoms with E-state index in [2.05, 4.69) is 19.3 Å². The Morgan fingerprint density at radius 1 is 1.26 bits per heavy atom. The number of rotatable bonds is 5. The molecule has 0 aliphatic rings. The van der Waals surface area contributed by atoms with Crippen LogP contribution in [-0.4, -0.2) is 33.8 Å². The van der Waals surface area contributed by atoms with Crippen LogP contribution in [0.4, 0.5) is 0 Å². The normalized spacial score (nSPS) is 11.7. The molecule has 2 aromatic rings. The summed E-state index contributed by atoms with van der Waals surface area (Å²) in [6, 6.07) is 0. The Morgan fingerprint density at radius 2 is 2.05 bits per heavy atom. The molecule has 0 amide bonds. The van der Waals surface area contributed by atoms with Crippen molar-refractivity contribution in [1.82, 2.24) is 19.3 Å². The van der Waals surface area contributed by atoms with Crippen molar-refractivity contribution in [2.45, 2.75) is 30.0 Å². The van der Waals surface area contributed by atoms with Crippen LogP contribution in [0.2, 0.25) is 0 Å². The van der Waals surface area contributed by atoms with Gasteiger partial charge in [0.25, 0.3) is 0 Å². The van der Waals surface area contributed by atoms with Gasteiger partial charge in [0.2, 0.25) is 20.1 Å². The quantitative estimate of drug-likeness (QED) is 0.815. The van der Waals surface area contributed by atoms with Gasteiger partial charge >= 0.3 is 0 Å². The fraction of sp³-hybridized carbons (Fsp3) is 0.400. The molecule has 0 bridgehead atoms. The Balaban J connectivity index is 2.12. The minimum Gasteiger partial charge on any atom is -0.474 e. The number of hydrogen-bond donors (Lipinski definition) is 0. The highest BCUT2D eigenvalue weighted by atomic mass is 32.2. The van der Waals surface area contributed by atoms with E-state index in [0.29, 0.717) is 11.6 Å². The predicted molar refractivity (Wildman–Crippen MR) is 68.6 cm³/mol. The summed E-state index contributed by atoms with van der Waals surface area (Å²) in [4.78, 5) is 11.7. The monoisotopic (exact) mass is 300 g/mol. The van der Waals surface area contributed by atoms with E-state index in [4.69, 9.17) is 4.74 Å². The van der Waals surface area contributed by atoms with Gasteiger partial charge < -0.3 is 4.74 Å². The lowest BCUT2D eigenvalue weighted by molar-refractivity contribution is 0.231. The molecule has 0 saturated heterocycles. The molecule has 9 heteroatoms. The van der Waals surface area contributed by atoms with E-state index in [1.807, 2.05) is 13.8 Å². The molecule has 19 heavy (non-hydrogen) atoms. The topological polar surface area (TPSA) is 94.9 Å². The second kappa shape index (κ2) is 5.57. The molecule has 102 valence electrons. The number of ether oxygens (including phenoxy) is 1. The second-order valence-corrected chi connectivity index (χ2v) is 6.92. The Morgan fingerprint density at radius 3 is 2.58 bits per heavy atom. The van der Waals surface area contributed by atoms with Crippen molar-refractivity contribution in [2.24, 2.45) is 0 Å². The fourth-order valence-corrected chi connectivity index (χ4v) is 3.18. The first-order valence-corrected chi connectivity index (χ1v) is 7.87. The summed E-state index contributed by atoms with van der Waals surface area (Å²) < 4.78 is 32.9. The third kappa shape index (κ3) is 3.67. The highest BCUT2D eigenvalue weighted by Crippen LogP contribution is 2.16. The lowest BCUT2D eigenvalue weighted by Crippen LogP contribution is -2.09. The number of nitrogens with zero attached hydrogens (tertiary/aromatic N) is 4. The van der Waals surface area contributed by atoms with E-state index >= 15 is 0 Å². The number of hydrogen-bond acceptors (Lipinski definition) is 8. The lowest BCUT2D eigenvalue weighted by Gasteiger charge is -2.08. The van der Waals surface area contributed by atoms with Crippen molar-refractivity contribution in [3.05, 3.63) is 24.4 Å². The van der Waals surface area contributed by atoms with Crippen LogP contribution in [0.15, 0.2) is 23.1 Å². The summed E-state index contributed by atoms with van der Waals surface area (Å²) in [5, 5.41) is 0. The molecule has 0 unspecified atom stereocenters. The SMILES string of the molecule is CC(C)Oc1cnc(CS(=O)(=O)c2ncns2)cn1. The van der Waals surface area contributed by atoms with Crippen LogP contribution in [0.3, 0.4) is 0 Å². The maximum Gasteiger partial charge on any atom is 0.232 e. The zero-order chi connectivity index (χ0) is 13.9. The summed E-state index contributed by atoms with van der Waals surface area (Å²) in [5.74, 6) is 0.115. The third-order valence-corrected chi connectivity index (χ3v) is 4.74. The Labute approximate surface area is 114 Å². The molecule has 0 N–H and O–H groups in total. The van der Waals surface area contributed by atoms with Crippen LogP contribution in [0.1, 0.15) is 19.5 Å². The summed E-state index contributed by atoms with van der Waals surface area (Å²) in [5.41, 5.74) is 0.339. The van der Waals surface area contributed by atoms with Crippen molar-refractivity contribution < 1.29 is 13.2 Å². The maximum atomic E-state index is 11.9. The third-order valence-electron chi connectivity index (χ3n) is 1.98. The number of aromatic nitrogens is 4. The molecule has 2 rings (SSSR count). The van der Waals surface area contributed by atoms with Crippen LogP contribution in [0, 0.1) is 0 Å². The average Bonchev–Trinajstić information content (AvgIpc) is 2.85. The van der Waals surface area contributed by atoms with Gasteiger partial charge in [-0.05, 0) is 25.4 Å². The van der Waals surface area contributed by atoms with E-state index in [1.54, 1.807) is 0 Å². The zero-order valence-electron chi connectivity index (χ0n) is 10.3. The molecule has 0 spiro atoms. The lowest BCUT2D eigenvalue weighted by atomic mass is 10.5. The van der Waals surface area contributed by atoms with E-state index in [-0.39, 0.29) is 16.2 Å². The fourth-order valence-electron chi connectivity index (χ4n) is 1.28. The molecule has 0 atom stereocenters. The first-order chi connectivity index (χ1) is 8.97.